The lowest BCUT2D eigenvalue weighted by molar-refractivity contribution is 0.285. The lowest BCUT2D eigenvalue weighted by Crippen LogP contribution is -1.99. The van der Waals surface area contributed by atoms with E-state index in [1.165, 1.54) is 27.6 Å². The van der Waals surface area contributed by atoms with Gasteiger partial charge >= 0.3 is 0 Å². The van der Waals surface area contributed by atoms with Crippen molar-refractivity contribution in [2.45, 2.75) is 32.3 Å². The van der Waals surface area contributed by atoms with Crippen molar-refractivity contribution in [3.05, 3.63) is 87.8 Å². The van der Waals surface area contributed by atoms with E-state index in [9.17, 15) is 5.26 Å². The van der Waals surface area contributed by atoms with Crippen LogP contribution in [0.3, 0.4) is 0 Å². The number of hydrogen-bond donors (Lipinski definition) is 0. The standard InChI is InChI=1S/C28H24N2O2S/c1-31-26-15-19(17-30-28-24(16-29)23-11-4-5-12-27(23)33-28)13-14-25(26)32-18-21-9-6-8-20-7-2-3-10-22(20)21/h2-3,6-10,13-15,17H,4-5,11-12,18H2,1H3/b30-17+. The topological polar surface area (TPSA) is 54.6 Å². The molecule has 0 radical (unpaired) electrons. The first-order valence-electron chi connectivity index (χ1n) is 11.1. The van der Waals surface area contributed by atoms with Crippen LogP contribution in [0, 0.1) is 11.3 Å². The fraction of sp³-hybridized carbons (Fsp3) is 0.214. The number of fused-ring (bicyclic) bond motifs is 2. The first-order chi connectivity index (χ1) is 16.3. The van der Waals surface area contributed by atoms with Crippen LogP contribution in [0.25, 0.3) is 10.8 Å². The van der Waals surface area contributed by atoms with Gasteiger partial charge in [-0.05, 0) is 71.3 Å². The van der Waals surface area contributed by atoms with Gasteiger partial charge in [-0.1, -0.05) is 42.5 Å². The highest BCUT2D eigenvalue weighted by Crippen LogP contribution is 2.39. The number of hydrogen-bond acceptors (Lipinski definition) is 5. The zero-order valence-corrected chi connectivity index (χ0v) is 19.3. The number of methoxy groups -OCH3 is 1. The average molecular weight is 453 g/mol. The van der Waals surface area contributed by atoms with Gasteiger partial charge in [0.1, 0.15) is 17.7 Å². The molecular weight excluding hydrogens is 428 g/mol. The molecule has 1 aliphatic rings. The number of aryl methyl sites for hydroxylation is 1. The van der Waals surface area contributed by atoms with E-state index in [4.69, 9.17) is 9.47 Å². The molecule has 0 atom stereocenters. The number of aliphatic imine (C=N–C) groups is 1. The smallest absolute Gasteiger partial charge is 0.161 e. The average Bonchev–Trinajstić information content (AvgIpc) is 3.23. The van der Waals surface area contributed by atoms with Gasteiger partial charge in [0.05, 0.1) is 12.7 Å². The van der Waals surface area contributed by atoms with E-state index in [1.807, 2.05) is 30.3 Å². The molecule has 1 aromatic heterocycles. The molecule has 0 fully saturated rings. The van der Waals surface area contributed by atoms with Crippen LogP contribution in [-0.4, -0.2) is 13.3 Å². The molecule has 5 rings (SSSR count). The number of nitrogens with zero attached hydrogens (tertiary/aromatic N) is 2. The Kier molecular flexibility index (Phi) is 6.10. The summed E-state index contributed by atoms with van der Waals surface area (Å²) in [5, 5.41) is 12.8. The van der Waals surface area contributed by atoms with Gasteiger partial charge in [-0.25, -0.2) is 4.99 Å². The molecule has 0 bridgehead atoms. The van der Waals surface area contributed by atoms with Gasteiger partial charge in [-0.3, -0.25) is 0 Å². The van der Waals surface area contributed by atoms with Gasteiger partial charge in [0.2, 0.25) is 0 Å². The van der Waals surface area contributed by atoms with Crippen molar-refractivity contribution in [1.82, 2.24) is 0 Å². The van der Waals surface area contributed by atoms with E-state index < -0.39 is 0 Å². The highest BCUT2D eigenvalue weighted by molar-refractivity contribution is 7.16. The van der Waals surface area contributed by atoms with Crippen LogP contribution in [0.1, 0.15) is 40.0 Å². The van der Waals surface area contributed by atoms with Gasteiger partial charge in [0.15, 0.2) is 11.5 Å². The van der Waals surface area contributed by atoms with Crippen LogP contribution in [0.2, 0.25) is 0 Å². The Balaban J connectivity index is 1.36. The minimum Gasteiger partial charge on any atom is -0.493 e. The zero-order chi connectivity index (χ0) is 22.6. The third-order valence-electron chi connectivity index (χ3n) is 6.05. The Hall–Kier alpha value is -3.62. The maximum atomic E-state index is 9.64. The van der Waals surface area contributed by atoms with Gasteiger partial charge in [0, 0.05) is 11.1 Å². The summed E-state index contributed by atoms with van der Waals surface area (Å²) in [5.41, 5.74) is 3.98. The van der Waals surface area contributed by atoms with Crippen LogP contribution in [0.4, 0.5) is 5.00 Å². The van der Waals surface area contributed by atoms with Crippen LogP contribution < -0.4 is 9.47 Å². The molecule has 0 saturated carbocycles. The lowest BCUT2D eigenvalue weighted by Gasteiger charge is -2.12. The largest absolute Gasteiger partial charge is 0.493 e. The number of benzene rings is 3. The second-order valence-electron chi connectivity index (χ2n) is 8.10. The molecule has 4 aromatic rings. The third-order valence-corrected chi connectivity index (χ3v) is 7.25. The van der Waals surface area contributed by atoms with E-state index in [2.05, 4.69) is 41.4 Å². The molecule has 0 aliphatic heterocycles. The molecular formula is C28H24N2O2S. The van der Waals surface area contributed by atoms with E-state index in [1.54, 1.807) is 24.7 Å². The van der Waals surface area contributed by atoms with Crippen molar-refractivity contribution >= 4 is 33.3 Å². The summed E-state index contributed by atoms with van der Waals surface area (Å²) >= 11 is 1.65. The number of thiophene rings is 1. The monoisotopic (exact) mass is 452 g/mol. The van der Waals surface area contributed by atoms with Crippen LogP contribution >= 0.6 is 11.3 Å². The first-order valence-corrected chi connectivity index (χ1v) is 11.9. The molecule has 33 heavy (non-hydrogen) atoms. The summed E-state index contributed by atoms with van der Waals surface area (Å²) in [6, 6.07) is 22.7. The van der Waals surface area contributed by atoms with E-state index in [0.29, 0.717) is 18.1 Å². The second-order valence-corrected chi connectivity index (χ2v) is 9.18. The van der Waals surface area contributed by atoms with E-state index in [-0.39, 0.29) is 0 Å². The van der Waals surface area contributed by atoms with Crippen molar-refractivity contribution in [1.29, 1.82) is 5.26 Å². The van der Waals surface area contributed by atoms with E-state index in [0.717, 1.165) is 41.0 Å². The van der Waals surface area contributed by atoms with Crippen molar-refractivity contribution in [3.63, 3.8) is 0 Å². The second kappa shape index (κ2) is 9.48. The molecule has 3 aromatic carbocycles. The minimum atomic E-state index is 0.456. The molecule has 0 unspecified atom stereocenters. The Morgan fingerprint density at radius 1 is 1.03 bits per heavy atom. The predicted octanol–water partition coefficient (Wildman–Crippen LogP) is 6.99. The van der Waals surface area contributed by atoms with Crippen LogP contribution in [0.5, 0.6) is 11.5 Å². The fourth-order valence-electron chi connectivity index (χ4n) is 4.35. The van der Waals surface area contributed by atoms with Crippen molar-refractivity contribution in [2.75, 3.05) is 7.11 Å². The fourth-order valence-corrected chi connectivity index (χ4v) is 5.53. The molecule has 0 N–H and O–H groups in total. The Morgan fingerprint density at radius 2 is 1.88 bits per heavy atom. The maximum Gasteiger partial charge on any atom is 0.161 e. The van der Waals surface area contributed by atoms with Crippen LogP contribution in [-0.2, 0) is 19.4 Å². The SMILES string of the molecule is COc1cc(/C=N/c2sc3c(c2C#N)CCCC3)ccc1OCc1cccc2ccccc12. The summed E-state index contributed by atoms with van der Waals surface area (Å²) in [6.07, 6.45) is 6.19. The molecule has 0 saturated heterocycles. The lowest BCUT2D eigenvalue weighted by atomic mass is 9.96. The highest BCUT2D eigenvalue weighted by Gasteiger charge is 2.20. The van der Waals surface area contributed by atoms with Gasteiger partial charge in [0.25, 0.3) is 0 Å². The summed E-state index contributed by atoms with van der Waals surface area (Å²) in [4.78, 5) is 5.98. The summed E-state index contributed by atoms with van der Waals surface area (Å²) in [7, 11) is 1.64. The maximum absolute atomic E-state index is 9.64. The summed E-state index contributed by atoms with van der Waals surface area (Å²) in [6.45, 7) is 0.456. The molecule has 0 spiro atoms. The molecule has 1 heterocycles. The van der Waals surface area contributed by atoms with Crippen molar-refractivity contribution in [3.8, 4) is 17.6 Å². The predicted molar refractivity (Wildman–Crippen MR) is 134 cm³/mol. The number of rotatable bonds is 6. The van der Waals surface area contributed by atoms with Gasteiger partial charge in [-0.15, -0.1) is 11.3 Å². The van der Waals surface area contributed by atoms with Crippen molar-refractivity contribution < 1.29 is 9.47 Å². The number of ether oxygens (including phenoxy) is 2. The minimum absolute atomic E-state index is 0.456. The zero-order valence-electron chi connectivity index (χ0n) is 18.5. The quantitative estimate of drug-likeness (QED) is 0.296. The van der Waals surface area contributed by atoms with Gasteiger partial charge < -0.3 is 9.47 Å². The normalized spacial score (nSPS) is 13.1. The Bertz CT molecular complexity index is 1380. The molecule has 4 nitrogen and oxygen atoms in total. The highest BCUT2D eigenvalue weighted by atomic mass is 32.1. The molecule has 5 heteroatoms. The van der Waals surface area contributed by atoms with E-state index >= 15 is 0 Å². The summed E-state index contributed by atoms with van der Waals surface area (Å²) in [5.74, 6) is 1.34. The molecule has 1 aliphatic carbocycles. The first kappa shape index (κ1) is 21.2. The van der Waals surface area contributed by atoms with Crippen LogP contribution in [0.15, 0.2) is 65.7 Å². The number of nitriles is 1. The third kappa shape index (κ3) is 4.35. The Morgan fingerprint density at radius 3 is 2.76 bits per heavy atom. The Labute approximate surface area is 197 Å². The molecule has 0 amide bonds. The summed E-state index contributed by atoms with van der Waals surface area (Å²) < 4.78 is 11.7. The van der Waals surface area contributed by atoms with Gasteiger partial charge in [-0.2, -0.15) is 5.26 Å². The van der Waals surface area contributed by atoms with Crippen molar-refractivity contribution in [2.24, 2.45) is 4.99 Å². The molecule has 164 valence electrons.